The van der Waals surface area contributed by atoms with Crippen LogP contribution in [0, 0.1) is 12.8 Å². The molecule has 2 atom stereocenters. The Morgan fingerprint density at radius 3 is 2.78 bits per heavy atom. The van der Waals surface area contributed by atoms with Crippen LogP contribution in [0.2, 0.25) is 0 Å². The first-order valence-electron chi connectivity index (χ1n) is 6.49. The summed E-state index contributed by atoms with van der Waals surface area (Å²) >= 11 is 0. The van der Waals surface area contributed by atoms with Crippen LogP contribution < -0.4 is 10.2 Å². The lowest BCUT2D eigenvalue weighted by molar-refractivity contribution is 0.111. The number of hydrogen-bond acceptors (Lipinski definition) is 3. The highest BCUT2D eigenvalue weighted by Crippen LogP contribution is 2.27. The number of nitrogens with one attached hydrogen (secondary N) is 1. The van der Waals surface area contributed by atoms with Gasteiger partial charge in [-0.25, -0.2) is 4.79 Å². The van der Waals surface area contributed by atoms with Crippen LogP contribution in [0.25, 0.3) is 0 Å². The molecule has 96 valence electrons. The second kappa shape index (κ2) is 4.61. The number of anilines is 1. The van der Waals surface area contributed by atoms with Crippen molar-refractivity contribution in [2.45, 2.75) is 19.4 Å². The zero-order valence-corrected chi connectivity index (χ0v) is 10.6. The summed E-state index contributed by atoms with van der Waals surface area (Å²) in [6.45, 7) is 4.70. The molecule has 0 saturated carbocycles. The van der Waals surface area contributed by atoms with Gasteiger partial charge in [0.2, 0.25) is 0 Å². The van der Waals surface area contributed by atoms with Gasteiger partial charge < -0.3 is 10.1 Å². The van der Waals surface area contributed by atoms with Gasteiger partial charge in [-0.1, -0.05) is 17.7 Å². The van der Waals surface area contributed by atoms with Crippen molar-refractivity contribution in [3.63, 3.8) is 0 Å². The number of rotatable bonds is 2. The largest absolute Gasteiger partial charge is 0.444 e. The van der Waals surface area contributed by atoms with E-state index in [4.69, 9.17) is 4.74 Å². The van der Waals surface area contributed by atoms with E-state index in [1.807, 2.05) is 31.2 Å². The van der Waals surface area contributed by atoms with E-state index < -0.39 is 0 Å². The molecule has 2 aliphatic rings. The third-order valence-electron chi connectivity index (χ3n) is 3.80. The highest BCUT2D eigenvalue weighted by atomic mass is 16.6. The Hall–Kier alpha value is -1.55. The first-order valence-corrected chi connectivity index (χ1v) is 6.49. The quantitative estimate of drug-likeness (QED) is 0.867. The SMILES string of the molecule is Cc1ccc(N2CC(C3CCNC3)OC2=O)cc1. The molecular weight excluding hydrogens is 228 g/mol. The molecule has 1 aromatic rings. The number of hydrogen-bond donors (Lipinski definition) is 1. The summed E-state index contributed by atoms with van der Waals surface area (Å²) in [4.78, 5) is 13.6. The molecule has 0 bridgehead atoms. The van der Waals surface area contributed by atoms with Crippen molar-refractivity contribution < 1.29 is 9.53 Å². The Morgan fingerprint density at radius 2 is 2.11 bits per heavy atom. The Morgan fingerprint density at radius 1 is 1.33 bits per heavy atom. The number of benzene rings is 1. The van der Waals surface area contributed by atoms with Gasteiger partial charge in [-0.05, 0) is 32.0 Å². The van der Waals surface area contributed by atoms with Gasteiger partial charge in [0.05, 0.1) is 6.54 Å². The van der Waals surface area contributed by atoms with E-state index in [0.717, 1.165) is 25.2 Å². The summed E-state index contributed by atoms with van der Waals surface area (Å²) in [6.07, 6.45) is 0.921. The number of aryl methyl sites for hydroxylation is 1. The lowest BCUT2D eigenvalue weighted by atomic mass is 10.0. The van der Waals surface area contributed by atoms with E-state index in [2.05, 4.69) is 5.32 Å². The van der Waals surface area contributed by atoms with E-state index in [1.165, 1.54) is 5.56 Å². The summed E-state index contributed by atoms with van der Waals surface area (Å²) in [5.41, 5.74) is 2.13. The van der Waals surface area contributed by atoms with Crippen LogP contribution in [0.3, 0.4) is 0 Å². The van der Waals surface area contributed by atoms with Gasteiger partial charge in [-0.3, -0.25) is 4.90 Å². The normalized spacial score (nSPS) is 27.6. The Balaban J connectivity index is 1.74. The van der Waals surface area contributed by atoms with Crippen LogP contribution in [0.5, 0.6) is 0 Å². The summed E-state index contributed by atoms with van der Waals surface area (Å²) in [5, 5.41) is 3.32. The number of ether oxygens (including phenoxy) is 1. The summed E-state index contributed by atoms with van der Waals surface area (Å²) < 4.78 is 5.49. The van der Waals surface area contributed by atoms with E-state index in [9.17, 15) is 4.79 Å². The predicted octanol–water partition coefficient (Wildman–Crippen LogP) is 1.93. The fourth-order valence-electron chi connectivity index (χ4n) is 2.66. The van der Waals surface area contributed by atoms with Gasteiger partial charge in [-0.15, -0.1) is 0 Å². The average Bonchev–Trinajstić information content (AvgIpc) is 2.99. The maximum absolute atomic E-state index is 11.9. The van der Waals surface area contributed by atoms with Crippen LogP contribution in [0.4, 0.5) is 10.5 Å². The molecule has 2 saturated heterocycles. The van der Waals surface area contributed by atoms with Gasteiger partial charge in [0, 0.05) is 18.2 Å². The molecule has 4 heteroatoms. The smallest absolute Gasteiger partial charge is 0.414 e. The molecule has 1 N–H and O–H groups in total. The van der Waals surface area contributed by atoms with Crippen molar-refractivity contribution in [2.75, 3.05) is 24.5 Å². The highest BCUT2D eigenvalue weighted by molar-refractivity contribution is 5.89. The van der Waals surface area contributed by atoms with E-state index in [0.29, 0.717) is 12.5 Å². The van der Waals surface area contributed by atoms with Crippen LogP contribution in [0.15, 0.2) is 24.3 Å². The van der Waals surface area contributed by atoms with Gasteiger partial charge >= 0.3 is 6.09 Å². The first-order chi connectivity index (χ1) is 8.74. The highest BCUT2D eigenvalue weighted by Gasteiger charge is 2.38. The van der Waals surface area contributed by atoms with Gasteiger partial charge in [0.25, 0.3) is 0 Å². The minimum Gasteiger partial charge on any atom is -0.444 e. The van der Waals surface area contributed by atoms with E-state index in [1.54, 1.807) is 4.90 Å². The number of nitrogens with zero attached hydrogens (tertiary/aromatic N) is 1. The maximum Gasteiger partial charge on any atom is 0.414 e. The zero-order valence-electron chi connectivity index (χ0n) is 10.6. The molecular formula is C14H18N2O2. The minimum atomic E-state index is -0.212. The van der Waals surface area contributed by atoms with Crippen molar-refractivity contribution in [3.05, 3.63) is 29.8 Å². The van der Waals surface area contributed by atoms with Crippen LogP contribution in [-0.4, -0.2) is 31.8 Å². The maximum atomic E-state index is 11.9. The van der Waals surface area contributed by atoms with E-state index >= 15 is 0 Å². The topological polar surface area (TPSA) is 41.6 Å². The molecule has 2 aliphatic heterocycles. The minimum absolute atomic E-state index is 0.0359. The second-order valence-corrected chi connectivity index (χ2v) is 5.12. The molecule has 0 radical (unpaired) electrons. The number of carbonyl (C=O) groups excluding carboxylic acids is 1. The molecule has 18 heavy (non-hydrogen) atoms. The number of carbonyl (C=O) groups is 1. The molecule has 1 aromatic carbocycles. The average molecular weight is 246 g/mol. The molecule has 0 aromatic heterocycles. The molecule has 2 fully saturated rings. The summed E-state index contributed by atoms with van der Waals surface area (Å²) in [5.74, 6) is 0.462. The second-order valence-electron chi connectivity index (χ2n) is 5.12. The Bertz CT molecular complexity index is 438. The van der Waals surface area contributed by atoms with Gasteiger partial charge in [-0.2, -0.15) is 0 Å². The lowest BCUT2D eigenvalue weighted by Crippen LogP contribution is -2.28. The van der Waals surface area contributed by atoms with E-state index in [-0.39, 0.29) is 12.2 Å². The Kier molecular flexibility index (Phi) is 2.96. The van der Waals surface area contributed by atoms with Gasteiger partial charge in [0.15, 0.2) is 0 Å². The zero-order chi connectivity index (χ0) is 12.5. The Labute approximate surface area is 107 Å². The standard InChI is InChI=1S/C14H18N2O2/c1-10-2-4-12(5-3-10)16-9-13(18-14(16)17)11-6-7-15-8-11/h2-5,11,13,15H,6-9H2,1H3. The predicted molar refractivity (Wildman–Crippen MR) is 69.8 cm³/mol. The molecule has 1 amide bonds. The van der Waals surface area contributed by atoms with Crippen LogP contribution in [0.1, 0.15) is 12.0 Å². The fourth-order valence-corrected chi connectivity index (χ4v) is 2.66. The fraction of sp³-hybridized carbons (Fsp3) is 0.500. The van der Waals surface area contributed by atoms with Crippen molar-refractivity contribution in [3.8, 4) is 0 Å². The number of amides is 1. The molecule has 2 heterocycles. The molecule has 0 aliphatic carbocycles. The van der Waals surface area contributed by atoms with Crippen LogP contribution >= 0.6 is 0 Å². The molecule has 3 rings (SSSR count). The van der Waals surface area contributed by atoms with Gasteiger partial charge in [0.1, 0.15) is 6.10 Å². The number of cyclic esters (lactones) is 1. The third kappa shape index (κ3) is 2.08. The van der Waals surface area contributed by atoms with Crippen LogP contribution in [-0.2, 0) is 4.74 Å². The lowest BCUT2D eigenvalue weighted by Gasteiger charge is -2.15. The first kappa shape index (κ1) is 11.5. The van der Waals surface area contributed by atoms with Crippen molar-refractivity contribution in [1.82, 2.24) is 5.32 Å². The monoisotopic (exact) mass is 246 g/mol. The molecule has 2 unspecified atom stereocenters. The third-order valence-corrected chi connectivity index (χ3v) is 3.80. The summed E-state index contributed by atoms with van der Waals surface area (Å²) in [7, 11) is 0. The summed E-state index contributed by atoms with van der Waals surface area (Å²) in [6, 6.07) is 8.00. The van der Waals surface area contributed by atoms with Crippen molar-refractivity contribution in [1.29, 1.82) is 0 Å². The molecule has 4 nitrogen and oxygen atoms in total. The van der Waals surface area contributed by atoms with Crippen molar-refractivity contribution >= 4 is 11.8 Å². The van der Waals surface area contributed by atoms with Crippen molar-refractivity contribution in [2.24, 2.45) is 5.92 Å². The molecule has 0 spiro atoms.